The smallest absolute Gasteiger partial charge is 0.282 e. The van der Waals surface area contributed by atoms with Crippen molar-refractivity contribution >= 4 is 23.2 Å². The minimum absolute atomic E-state index is 0.0402. The molecular formula is C11H11ClN2O4. The molecule has 7 heteroatoms. The molecule has 0 aliphatic carbocycles. The van der Waals surface area contributed by atoms with Crippen molar-refractivity contribution in [1.82, 2.24) is 4.90 Å². The number of hydrogen-bond donors (Lipinski definition) is 1. The van der Waals surface area contributed by atoms with Crippen molar-refractivity contribution in [2.75, 3.05) is 13.1 Å². The van der Waals surface area contributed by atoms with Crippen molar-refractivity contribution in [3.63, 3.8) is 0 Å². The van der Waals surface area contributed by atoms with Crippen LogP contribution in [0, 0.1) is 10.1 Å². The normalized spacial score (nSPS) is 19.0. The highest BCUT2D eigenvalue weighted by atomic mass is 35.5. The predicted molar refractivity (Wildman–Crippen MR) is 64.6 cm³/mol. The molecule has 18 heavy (non-hydrogen) atoms. The van der Waals surface area contributed by atoms with Crippen LogP contribution in [0.25, 0.3) is 0 Å². The first-order chi connectivity index (χ1) is 8.49. The maximum atomic E-state index is 12.1. The fraction of sp³-hybridized carbons (Fsp3) is 0.364. The standard InChI is InChI=1S/C11H11ClN2O4/c12-7-1-2-10(14(17)18)9(5-7)11(16)13-4-3-8(15)6-13/h1-2,5,8,15H,3-4,6H2/t8-/m0/s1. The molecule has 1 N–H and O–H groups in total. The number of β-amino-alcohol motifs (C(OH)–C–C–N with tert-alkyl or cyclic N) is 1. The number of amides is 1. The molecule has 0 radical (unpaired) electrons. The lowest BCUT2D eigenvalue weighted by molar-refractivity contribution is -0.385. The molecule has 1 aliphatic heterocycles. The minimum Gasteiger partial charge on any atom is -0.391 e. The number of carbonyl (C=O) groups is 1. The van der Waals surface area contributed by atoms with Crippen molar-refractivity contribution in [3.8, 4) is 0 Å². The molecule has 1 aromatic carbocycles. The van der Waals surface area contributed by atoms with Crippen LogP contribution in [0.3, 0.4) is 0 Å². The average Bonchev–Trinajstić information content (AvgIpc) is 2.74. The Hall–Kier alpha value is -1.66. The van der Waals surface area contributed by atoms with Crippen LogP contribution in [0.4, 0.5) is 5.69 Å². The van der Waals surface area contributed by atoms with Crippen molar-refractivity contribution in [2.24, 2.45) is 0 Å². The van der Waals surface area contributed by atoms with Crippen molar-refractivity contribution in [2.45, 2.75) is 12.5 Å². The molecule has 1 aliphatic rings. The van der Waals surface area contributed by atoms with E-state index in [0.717, 1.165) is 0 Å². The van der Waals surface area contributed by atoms with Crippen LogP contribution in [-0.2, 0) is 0 Å². The summed E-state index contributed by atoms with van der Waals surface area (Å²) >= 11 is 5.76. The summed E-state index contributed by atoms with van der Waals surface area (Å²) in [4.78, 5) is 23.8. The first kappa shape index (κ1) is 12.8. The van der Waals surface area contributed by atoms with E-state index in [1.807, 2.05) is 0 Å². The molecule has 1 atom stereocenters. The van der Waals surface area contributed by atoms with Gasteiger partial charge >= 0.3 is 0 Å². The lowest BCUT2D eigenvalue weighted by Crippen LogP contribution is -2.30. The van der Waals surface area contributed by atoms with Gasteiger partial charge in [0, 0.05) is 24.2 Å². The third kappa shape index (κ3) is 2.44. The monoisotopic (exact) mass is 270 g/mol. The zero-order valence-electron chi connectivity index (χ0n) is 9.38. The van der Waals surface area contributed by atoms with Crippen LogP contribution < -0.4 is 0 Å². The molecule has 1 amide bonds. The average molecular weight is 271 g/mol. The SMILES string of the molecule is O=C(c1cc(Cl)ccc1[N+](=O)[O-])N1CC[C@H](O)C1. The highest BCUT2D eigenvalue weighted by Crippen LogP contribution is 2.25. The van der Waals surface area contributed by atoms with E-state index in [1.54, 1.807) is 0 Å². The Labute approximate surface area is 108 Å². The predicted octanol–water partition coefficient (Wildman–Crippen LogP) is 1.46. The molecule has 6 nitrogen and oxygen atoms in total. The van der Waals surface area contributed by atoms with Gasteiger partial charge in [-0.3, -0.25) is 14.9 Å². The number of hydrogen-bond acceptors (Lipinski definition) is 4. The van der Waals surface area contributed by atoms with Gasteiger partial charge in [-0.1, -0.05) is 11.6 Å². The van der Waals surface area contributed by atoms with E-state index in [0.29, 0.717) is 13.0 Å². The Morgan fingerprint density at radius 1 is 1.56 bits per heavy atom. The fourth-order valence-corrected chi connectivity index (χ4v) is 2.11. The largest absolute Gasteiger partial charge is 0.391 e. The molecular weight excluding hydrogens is 260 g/mol. The molecule has 0 saturated carbocycles. The topological polar surface area (TPSA) is 83.7 Å². The summed E-state index contributed by atoms with van der Waals surface area (Å²) in [5.74, 6) is -0.472. The van der Waals surface area contributed by atoms with Crippen molar-refractivity contribution in [1.29, 1.82) is 0 Å². The van der Waals surface area contributed by atoms with E-state index < -0.39 is 16.9 Å². The molecule has 0 unspecified atom stereocenters. The number of nitrogens with zero attached hydrogens (tertiary/aromatic N) is 2. The summed E-state index contributed by atoms with van der Waals surface area (Å²) in [5, 5.41) is 20.5. The highest BCUT2D eigenvalue weighted by molar-refractivity contribution is 6.31. The lowest BCUT2D eigenvalue weighted by atomic mass is 10.1. The molecule has 96 valence electrons. The number of aliphatic hydroxyl groups is 1. The second-order valence-electron chi connectivity index (χ2n) is 4.11. The number of nitro benzene ring substituents is 1. The minimum atomic E-state index is -0.615. The van der Waals surface area contributed by atoms with Gasteiger partial charge in [-0.15, -0.1) is 0 Å². The summed E-state index contributed by atoms with van der Waals surface area (Å²) < 4.78 is 0. The Morgan fingerprint density at radius 2 is 2.28 bits per heavy atom. The van der Waals surface area contributed by atoms with Crippen LogP contribution in [-0.4, -0.2) is 40.0 Å². The third-order valence-electron chi connectivity index (χ3n) is 2.84. The first-order valence-corrected chi connectivity index (χ1v) is 5.78. The molecule has 1 fully saturated rings. The second kappa shape index (κ2) is 4.91. The van der Waals surface area contributed by atoms with E-state index in [4.69, 9.17) is 11.6 Å². The Kier molecular flexibility index (Phi) is 3.49. The maximum absolute atomic E-state index is 12.1. The van der Waals surface area contributed by atoms with Gasteiger partial charge in [0.25, 0.3) is 11.6 Å². The molecule has 1 heterocycles. The van der Waals surface area contributed by atoms with E-state index >= 15 is 0 Å². The number of aliphatic hydroxyl groups excluding tert-OH is 1. The van der Waals surface area contributed by atoms with Crippen molar-refractivity contribution in [3.05, 3.63) is 38.9 Å². The number of benzene rings is 1. The Morgan fingerprint density at radius 3 is 2.83 bits per heavy atom. The first-order valence-electron chi connectivity index (χ1n) is 5.40. The molecule has 0 bridgehead atoms. The van der Waals surface area contributed by atoms with E-state index in [-0.39, 0.29) is 22.8 Å². The van der Waals surface area contributed by atoms with Gasteiger partial charge in [-0.05, 0) is 18.6 Å². The number of carbonyl (C=O) groups excluding carboxylic acids is 1. The third-order valence-corrected chi connectivity index (χ3v) is 3.07. The second-order valence-corrected chi connectivity index (χ2v) is 4.55. The van der Waals surface area contributed by atoms with Crippen LogP contribution in [0.15, 0.2) is 18.2 Å². The summed E-state index contributed by atoms with van der Waals surface area (Å²) in [7, 11) is 0. The van der Waals surface area contributed by atoms with Gasteiger partial charge in [-0.2, -0.15) is 0 Å². The Balaban J connectivity index is 2.34. The van der Waals surface area contributed by atoms with Crippen LogP contribution >= 0.6 is 11.6 Å². The van der Waals surface area contributed by atoms with Gasteiger partial charge in [-0.25, -0.2) is 0 Å². The summed E-state index contributed by atoms with van der Waals surface area (Å²) in [6, 6.07) is 3.87. The van der Waals surface area contributed by atoms with Gasteiger partial charge < -0.3 is 10.0 Å². The van der Waals surface area contributed by atoms with E-state index in [9.17, 15) is 20.0 Å². The highest BCUT2D eigenvalue weighted by Gasteiger charge is 2.29. The number of nitro groups is 1. The van der Waals surface area contributed by atoms with E-state index in [2.05, 4.69) is 0 Å². The molecule has 0 aromatic heterocycles. The molecule has 0 spiro atoms. The molecule has 2 rings (SSSR count). The van der Waals surface area contributed by atoms with Crippen molar-refractivity contribution < 1.29 is 14.8 Å². The fourth-order valence-electron chi connectivity index (χ4n) is 1.94. The van der Waals surface area contributed by atoms with Gasteiger partial charge in [0.15, 0.2) is 0 Å². The number of halogens is 1. The molecule has 1 aromatic rings. The van der Waals surface area contributed by atoms with Crippen LogP contribution in [0.2, 0.25) is 5.02 Å². The van der Waals surface area contributed by atoms with Gasteiger partial charge in [0.05, 0.1) is 11.0 Å². The van der Waals surface area contributed by atoms with Gasteiger partial charge in [0.2, 0.25) is 0 Å². The number of rotatable bonds is 2. The lowest BCUT2D eigenvalue weighted by Gasteiger charge is -2.15. The maximum Gasteiger partial charge on any atom is 0.282 e. The number of likely N-dealkylation sites (tertiary alicyclic amines) is 1. The summed E-state index contributed by atoms with van der Waals surface area (Å²) in [6.07, 6.45) is -0.0766. The quantitative estimate of drug-likeness (QED) is 0.651. The Bertz CT molecular complexity index is 506. The van der Waals surface area contributed by atoms with Crippen LogP contribution in [0.5, 0.6) is 0 Å². The zero-order valence-corrected chi connectivity index (χ0v) is 10.1. The summed E-state index contributed by atoms with van der Waals surface area (Å²) in [5.41, 5.74) is -0.313. The van der Waals surface area contributed by atoms with Gasteiger partial charge in [0.1, 0.15) is 5.56 Å². The zero-order chi connectivity index (χ0) is 13.3. The molecule has 1 saturated heterocycles. The summed E-state index contributed by atoms with van der Waals surface area (Å²) in [6.45, 7) is 0.589. The van der Waals surface area contributed by atoms with Crippen LogP contribution in [0.1, 0.15) is 16.8 Å². The van der Waals surface area contributed by atoms with E-state index in [1.165, 1.54) is 23.1 Å².